The quantitative estimate of drug-likeness (QED) is 0.634. The zero-order valence-electron chi connectivity index (χ0n) is 11.2. The van der Waals surface area contributed by atoms with Crippen LogP contribution in [0.5, 0.6) is 5.75 Å². The van der Waals surface area contributed by atoms with Crippen LogP contribution in [0.15, 0.2) is 24.3 Å². The summed E-state index contributed by atoms with van der Waals surface area (Å²) >= 11 is 3.35. The molecule has 6 nitrogen and oxygen atoms in total. The van der Waals surface area contributed by atoms with Crippen LogP contribution in [0.4, 0.5) is 11.8 Å². The minimum absolute atomic E-state index is 0.0344. The smallest absolute Gasteiger partial charge is 0.222 e. The number of nitrogen functional groups attached to an aromatic ring is 2. The molecule has 0 fully saturated rings. The summed E-state index contributed by atoms with van der Waals surface area (Å²) in [7, 11) is 0. The van der Waals surface area contributed by atoms with E-state index in [0.717, 1.165) is 11.8 Å². The Morgan fingerprint density at radius 3 is 2.81 bits per heavy atom. The largest absolute Gasteiger partial charge is 0.494 e. The Bertz CT molecular complexity index is 684. The minimum Gasteiger partial charge on any atom is -0.494 e. The van der Waals surface area contributed by atoms with Gasteiger partial charge in [-0.2, -0.15) is 10.2 Å². The standard InChI is InChI=1S/C14H14BrN5O/c15-5-2-6-21-10-4-1-3-9(7-10)12-11(8-16)13(17)20-14(18)19-12/h1,3-4,7H,2,5-6H2,(H4,17,18,19,20). The first kappa shape index (κ1) is 15.1. The van der Waals surface area contributed by atoms with E-state index in [2.05, 4.69) is 25.9 Å². The summed E-state index contributed by atoms with van der Waals surface area (Å²) in [4.78, 5) is 7.91. The molecule has 7 heteroatoms. The number of aromatic nitrogens is 2. The van der Waals surface area contributed by atoms with Gasteiger partial charge < -0.3 is 16.2 Å². The Balaban J connectivity index is 2.38. The van der Waals surface area contributed by atoms with Crippen molar-refractivity contribution in [1.29, 1.82) is 5.26 Å². The van der Waals surface area contributed by atoms with E-state index in [9.17, 15) is 5.26 Å². The van der Waals surface area contributed by atoms with Crippen LogP contribution in [0.3, 0.4) is 0 Å². The maximum Gasteiger partial charge on any atom is 0.222 e. The van der Waals surface area contributed by atoms with Crippen LogP contribution in [-0.4, -0.2) is 21.9 Å². The van der Waals surface area contributed by atoms with Gasteiger partial charge in [0.25, 0.3) is 0 Å². The summed E-state index contributed by atoms with van der Waals surface area (Å²) < 4.78 is 5.62. The first-order chi connectivity index (χ1) is 10.2. The molecule has 1 heterocycles. The number of halogens is 1. The number of benzene rings is 1. The number of nitrogens with two attached hydrogens (primary N) is 2. The molecule has 108 valence electrons. The van der Waals surface area contributed by atoms with Crippen LogP contribution in [0, 0.1) is 11.3 Å². The number of hydrogen-bond donors (Lipinski definition) is 2. The normalized spacial score (nSPS) is 10.1. The van der Waals surface area contributed by atoms with E-state index in [1.807, 2.05) is 24.3 Å². The van der Waals surface area contributed by atoms with Gasteiger partial charge in [-0.3, -0.25) is 0 Å². The molecule has 2 rings (SSSR count). The molecule has 0 unspecified atom stereocenters. The van der Waals surface area contributed by atoms with Gasteiger partial charge in [-0.05, 0) is 18.6 Å². The second-order valence-electron chi connectivity index (χ2n) is 4.22. The summed E-state index contributed by atoms with van der Waals surface area (Å²) in [5.74, 6) is 0.811. The van der Waals surface area contributed by atoms with Crippen molar-refractivity contribution in [3.63, 3.8) is 0 Å². The van der Waals surface area contributed by atoms with Gasteiger partial charge in [-0.15, -0.1) is 0 Å². The van der Waals surface area contributed by atoms with E-state index in [1.54, 1.807) is 6.07 Å². The Morgan fingerprint density at radius 2 is 2.10 bits per heavy atom. The van der Waals surface area contributed by atoms with Gasteiger partial charge >= 0.3 is 0 Å². The van der Waals surface area contributed by atoms with E-state index in [4.69, 9.17) is 16.2 Å². The van der Waals surface area contributed by atoms with E-state index in [1.165, 1.54) is 0 Å². The van der Waals surface area contributed by atoms with E-state index in [0.29, 0.717) is 23.6 Å². The molecule has 0 amide bonds. The van der Waals surface area contributed by atoms with Gasteiger partial charge in [0.15, 0.2) is 0 Å². The number of alkyl halides is 1. The Hall–Kier alpha value is -2.33. The molecule has 0 bridgehead atoms. The third-order valence-corrected chi connectivity index (χ3v) is 3.28. The zero-order chi connectivity index (χ0) is 15.2. The second-order valence-corrected chi connectivity index (χ2v) is 5.01. The predicted molar refractivity (Wildman–Crippen MR) is 84.9 cm³/mol. The van der Waals surface area contributed by atoms with Crippen molar-refractivity contribution < 1.29 is 4.74 Å². The van der Waals surface area contributed by atoms with Gasteiger partial charge in [0.2, 0.25) is 5.95 Å². The van der Waals surface area contributed by atoms with Gasteiger partial charge in [-0.25, -0.2) is 4.98 Å². The number of rotatable bonds is 5. The molecule has 1 aromatic heterocycles. The van der Waals surface area contributed by atoms with E-state index >= 15 is 0 Å². The highest BCUT2D eigenvalue weighted by molar-refractivity contribution is 9.09. The van der Waals surface area contributed by atoms with Crippen molar-refractivity contribution in [3.05, 3.63) is 29.8 Å². The number of nitrogens with zero attached hydrogens (tertiary/aromatic N) is 3. The summed E-state index contributed by atoms with van der Waals surface area (Å²) in [6.07, 6.45) is 0.904. The molecule has 0 saturated heterocycles. The van der Waals surface area contributed by atoms with Crippen molar-refractivity contribution in [3.8, 4) is 23.1 Å². The molecule has 0 atom stereocenters. The molecule has 1 aromatic carbocycles. The first-order valence-electron chi connectivity index (χ1n) is 6.28. The summed E-state index contributed by atoms with van der Waals surface area (Å²) in [6.45, 7) is 0.605. The molecule has 4 N–H and O–H groups in total. The fourth-order valence-corrected chi connectivity index (χ4v) is 2.02. The molecule has 0 radical (unpaired) electrons. The molecule has 0 saturated carbocycles. The molecule has 2 aromatic rings. The summed E-state index contributed by atoms with van der Waals surface area (Å²) in [5.41, 5.74) is 12.7. The van der Waals surface area contributed by atoms with Crippen LogP contribution >= 0.6 is 15.9 Å². The maximum atomic E-state index is 9.21. The summed E-state index contributed by atoms with van der Waals surface area (Å²) in [6, 6.07) is 9.30. The monoisotopic (exact) mass is 347 g/mol. The SMILES string of the molecule is N#Cc1c(N)nc(N)nc1-c1cccc(OCCCBr)c1. The minimum atomic E-state index is 0.0344. The van der Waals surface area contributed by atoms with Gasteiger partial charge in [0, 0.05) is 10.9 Å². The van der Waals surface area contributed by atoms with Crippen LogP contribution in [-0.2, 0) is 0 Å². The van der Waals surface area contributed by atoms with E-state index < -0.39 is 0 Å². The van der Waals surface area contributed by atoms with Crippen LogP contribution in [0.1, 0.15) is 12.0 Å². The number of hydrogen-bond acceptors (Lipinski definition) is 6. The van der Waals surface area contributed by atoms with Crippen LogP contribution < -0.4 is 16.2 Å². The average Bonchev–Trinajstić information content (AvgIpc) is 2.47. The van der Waals surface area contributed by atoms with Gasteiger partial charge in [0.1, 0.15) is 23.2 Å². The lowest BCUT2D eigenvalue weighted by molar-refractivity contribution is 0.319. The van der Waals surface area contributed by atoms with Crippen molar-refractivity contribution in [2.75, 3.05) is 23.4 Å². The molecular formula is C14H14BrN5O. The fraction of sp³-hybridized carbons (Fsp3) is 0.214. The second kappa shape index (κ2) is 6.90. The van der Waals surface area contributed by atoms with Gasteiger partial charge in [-0.1, -0.05) is 28.1 Å². The Kier molecular flexibility index (Phi) is 4.95. The topological polar surface area (TPSA) is 111 Å². The lowest BCUT2D eigenvalue weighted by atomic mass is 10.1. The third-order valence-electron chi connectivity index (χ3n) is 2.72. The summed E-state index contributed by atoms with van der Waals surface area (Å²) in [5, 5.41) is 10.1. The van der Waals surface area contributed by atoms with Crippen molar-refractivity contribution in [2.24, 2.45) is 0 Å². The number of ether oxygens (including phenoxy) is 1. The molecule has 0 aliphatic rings. The van der Waals surface area contributed by atoms with Crippen molar-refractivity contribution >= 4 is 27.7 Å². The molecule has 21 heavy (non-hydrogen) atoms. The zero-order valence-corrected chi connectivity index (χ0v) is 12.8. The third kappa shape index (κ3) is 3.61. The molecule has 0 spiro atoms. The molecular weight excluding hydrogens is 334 g/mol. The molecule has 0 aliphatic carbocycles. The lowest BCUT2D eigenvalue weighted by Crippen LogP contribution is -2.05. The number of nitriles is 1. The fourth-order valence-electron chi connectivity index (χ4n) is 1.79. The first-order valence-corrected chi connectivity index (χ1v) is 7.40. The molecule has 0 aliphatic heterocycles. The van der Waals surface area contributed by atoms with Crippen LogP contribution in [0.2, 0.25) is 0 Å². The lowest BCUT2D eigenvalue weighted by Gasteiger charge is -2.09. The predicted octanol–water partition coefficient (Wildman–Crippen LogP) is 2.34. The Morgan fingerprint density at radius 1 is 1.29 bits per heavy atom. The number of anilines is 2. The van der Waals surface area contributed by atoms with Crippen LogP contribution in [0.25, 0.3) is 11.3 Å². The van der Waals surface area contributed by atoms with Crippen molar-refractivity contribution in [1.82, 2.24) is 9.97 Å². The van der Waals surface area contributed by atoms with Crippen molar-refractivity contribution in [2.45, 2.75) is 6.42 Å². The highest BCUT2D eigenvalue weighted by Crippen LogP contribution is 2.28. The average molecular weight is 348 g/mol. The highest BCUT2D eigenvalue weighted by Gasteiger charge is 2.13. The van der Waals surface area contributed by atoms with E-state index in [-0.39, 0.29) is 17.3 Å². The highest BCUT2D eigenvalue weighted by atomic mass is 79.9. The van der Waals surface area contributed by atoms with Gasteiger partial charge in [0.05, 0.1) is 12.3 Å². The maximum absolute atomic E-state index is 9.21. The Labute approximate surface area is 130 Å².